The zero-order valence-corrected chi connectivity index (χ0v) is 19.0. The first-order chi connectivity index (χ1) is 13.9. The monoisotopic (exact) mass is 474 g/mol. The van der Waals surface area contributed by atoms with Crippen molar-refractivity contribution in [2.45, 2.75) is 48.3 Å². The second-order valence-corrected chi connectivity index (χ2v) is 11.3. The molecule has 1 aromatic carbocycles. The average Bonchev–Trinajstić information content (AvgIpc) is 3.23. The van der Waals surface area contributed by atoms with Crippen LogP contribution in [0.1, 0.15) is 23.4 Å². The number of carbonyl (C=O) groups excluding carboxylic acids is 1. The van der Waals surface area contributed by atoms with Gasteiger partial charge in [0, 0.05) is 11.8 Å². The summed E-state index contributed by atoms with van der Waals surface area (Å²) >= 11 is 4.31. The van der Waals surface area contributed by atoms with Crippen molar-refractivity contribution >= 4 is 38.6 Å². The summed E-state index contributed by atoms with van der Waals surface area (Å²) in [5.41, 5.74) is 3.17. The van der Waals surface area contributed by atoms with Crippen molar-refractivity contribution in [1.29, 1.82) is 0 Å². The van der Waals surface area contributed by atoms with Gasteiger partial charge in [-0.25, -0.2) is 16.8 Å². The van der Waals surface area contributed by atoms with Gasteiger partial charge in [0.05, 0.1) is 4.90 Å². The van der Waals surface area contributed by atoms with Gasteiger partial charge < -0.3 is 4.52 Å². The zero-order chi connectivity index (χ0) is 22.3. The number of nitrogens with one attached hydrogen (secondary N) is 2. The highest BCUT2D eigenvalue weighted by Crippen LogP contribution is 2.31. The first kappa shape index (κ1) is 22.7. The largest absolute Gasteiger partial charge is 0.360 e. The highest BCUT2D eigenvalue weighted by atomic mass is 32.2. The van der Waals surface area contributed by atoms with Crippen LogP contribution >= 0.6 is 12.6 Å². The summed E-state index contributed by atoms with van der Waals surface area (Å²) < 4.78 is 57.0. The number of thiol groups is 1. The van der Waals surface area contributed by atoms with E-state index in [0.717, 1.165) is 9.87 Å². The third-order valence-corrected chi connectivity index (χ3v) is 8.47. The molecule has 0 saturated carbocycles. The number of aryl methyl sites for hydroxylation is 3. The Morgan fingerprint density at radius 2 is 1.80 bits per heavy atom. The normalized spacial score (nSPS) is 20.4. The van der Waals surface area contributed by atoms with Gasteiger partial charge in [-0.1, -0.05) is 22.9 Å². The van der Waals surface area contributed by atoms with Crippen LogP contribution in [-0.2, 0) is 24.8 Å². The fourth-order valence-corrected chi connectivity index (χ4v) is 6.50. The number of hydrazine groups is 1. The summed E-state index contributed by atoms with van der Waals surface area (Å²) in [5, 5.41) is 3.26. The van der Waals surface area contributed by atoms with Gasteiger partial charge in [-0.15, -0.1) is 4.83 Å². The van der Waals surface area contributed by atoms with Crippen LogP contribution in [0.4, 0.5) is 0 Å². The molecule has 1 amide bonds. The number of aromatic nitrogens is 1. The van der Waals surface area contributed by atoms with E-state index in [-0.39, 0.29) is 34.2 Å². The van der Waals surface area contributed by atoms with Gasteiger partial charge in [0.15, 0.2) is 5.76 Å². The van der Waals surface area contributed by atoms with Crippen LogP contribution in [0.3, 0.4) is 0 Å². The predicted molar refractivity (Wildman–Crippen MR) is 111 cm³/mol. The summed E-state index contributed by atoms with van der Waals surface area (Å²) in [6, 6.07) is 4.90. The minimum atomic E-state index is -4.10. The van der Waals surface area contributed by atoms with Gasteiger partial charge in [0.1, 0.15) is 16.6 Å². The van der Waals surface area contributed by atoms with E-state index in [1.807, 2.05) is 11.8 Å². The van der Waals surface area contributed by atoms with Crippen molar-refractivity contribution in [3.8, 4) is 0 Å². The quantitative estimate of drug-likeness (QED) is 0.413. The Morgan fingerprint density at radius 1 is 1.17 bits per heavy atom. The van der Waals surface area contributed by atoms with Gasteiger partial charge in [-0.2, -0.15) is 16.9 Å². The SMILES string of the molecule is Cc1ccc(S(=O)(=O)NNC(=O)[C@@H]2C[C@@H](S)CN2S(=O)(=O)c2c(C)noc2C)cc1. The minimum absolute atomic E-state index is 0.0156. The number of rotatable bonds is 6. The van der Waals surface area contributed by atoms with E-state index >= 15 is 0 Å². The van der Waals surface area contributed by atoms with E-state index in [4.69, 9.17) is 4.52 Å². The molecule has 30 heavy (non-hydrogen) atoms. The van der Waals surface area contributed by atoms with E-state index < -0.39 is 37.2 Å². The van der Waals surface area contributed by atoms with Crippen LogP contribution in [0.15, 0.2) is 38.6 Å². The number of hydrogen-bond donors (Lipinski definition) is 3. The lowest BCUT2D eigenvalue weighted by Gasteiger charge is -2.23. The highest BCUT2D eigenvalue weighted by molar-refractivity contribution is 7.89. The number of hydrogen-bond acceptors (Lipinski definition) is 8. The Bertz CT molecular complexity index is 1140. The second-order valence-electron chi connectivity index (χ2n) is 7.04. The lowest BCUT2D eigenvalue weighted by atomic mass is 10.2. The van der Waals surface area contributed by atoms with Crippen LogP contribution in [0.5, 0.6) is 0 Å². The van der Waals surface area contributed by atoms with Gasteiger partial charge in [0.25, 0.3) is 15.9 Å². The molecule has 13 heteroatoms. The Hall–Kier alpha value is -1.93. The molecular weight excluding hydrogens is 452 g/mol. The summed E-state index contributed by atoms with van der Waals surface area (Å²) in [7, 11) is -8.12. The summed E-state index contributed by atoms with van der Waals surface area (Å²) in [6.45, 7) is 4.75. The van der Waals surface area contributed by atoms with Crippen LogP contribution in [0.2, 0.25) is 0 Å². The van der Waals surface area contributed by atoms with Gasteiger partial charge >= 0.3 is 0 Å². The Kier molecular flexibility index (Phi) is 6.30. The molecule has 2 heterocycles. The van der Waals surface area contributed by atoms with Crippen LogP contribution in [-0.4, -0.2) is 50.0 Å². The summed E-state index contributed by atoms with van der Waals surface area (Å²) in [5.74, 6) is -0.702. The van der Waals surface area contributed by atoms with Crippen molar-refractivity contribution in [2.75, 3.05) is 6.54 Å². The second kappa shape index (κ2) is 8.30. The molecule has 164 valence electrons. The molecular formula is C17H22N4O6S3. The molecule has 0 radical (unpaired) electrons. The molecule has 1 aromatic heterocycles. The van der Waals surface area contributed by atoms with Crippen molar-refractivity contribution in [1.82, 2.24) is 19.7 Å². The fourth-order valence-electron chi connectivity index (χ4n) is 3.23. The van der Waals surface area contributed by atoms with Crippen molar-refractivity contribution in [3.05, 3.63) is 41.3 Å². The van der Waals surface area contributed by atoms with E-state index in [0.29, 0.717) is 0 Å². The molecule has 1 aliphatic heterocycles. The molecule has 2 atom stereocenters. The third kappa shape index (κ3) is 4.39. The van der Waals surface area contributed by atoms with Crippen molar-refractivity contribution in [3.63, 3.8) is 0 Å². The molecule has 0 unspecified atom stereocenters. The fraction of sp³-hybridized carbons (Fsp3) is 0.412. The lowest BCUT2D eigenvalue weighted by Crippen LogP contribution is -2.51. The Balaban J connectivity index is 1.80. The minimum Gasteiger partial charge on any atom is -0.360 e. The first-order valence-electron chi connectivity index (χ1n) is 8.94. The molecule has 1 aliphatic rings. The topological polar surface area (TPSA) is 139 Å². The Morgan fingerprint density at radius 3 is 2.37 bits per heavy atom. The van der Waals surface area contributed by atoms with Crippen LogP contribution < -0.4 is 10.3 Å². The van der Waals surface area contributed by atoms with E-state index in [1.165, 1.54) is 26.0 Å². The molecule has 1 saturated heterocycles. The van der Waals surface area contributed by atoms with Crippen LogP contribution in [0, 0.1) is 20.8 Å². The number of amides is 1. The summed E-state index contributed by atoms with van der Waals surface area (Å²) in [4.78, 5) is 14.6. The van der Waals surface area contributed by atoms with E-state index in [1.54, 1.807) is 12.1 Å². The first-order valence-corrected chi connectivity index (χ1v) is 12.4. The molecule has 0 bridgehead atoms. The van der Waals surface area contributed by atoms with E-state index in [9.17, 15) is 21.6 Å². The van der Waals surface area contributed by atoms with Crippen LogP contribution in [0.25, 0.3) is 0 Å². The molecule has 2 N–H and O–H groups in total. The lowest BCUT2D eigenvalue weighted by molar-refractivity contribution is -0.124. The molecule has 1 fully saturated rings. The molecule has 3 rings (SSSR count). The van der Waals surface area contributed by atoms with E-state index in [2.05, 4.69) is 23.2 Å². The van der Waals surface area contributed by atoms with Gasteiger partial charge in [-0.3, -0.25) is 10.2 Å². The van der Waals surface area contributed by atoms with Crippen molar-refractivity contribution in [2.24, 2.45) is 0 Å². The molecule has 10 nitrogen and oxygen atoms in total. The number of nitrogens with zero attached hydrogens (tertiary/aromatic N) is 2. The van der Waals surface area contributed by atoms with Gasteiger partial charge in [0.2, 0.25) is 10.0 Å². The van der Waals surface area contributed by atoms with Gasteiger partial charge in [-0.05, 0) is 39.3 Å². The maximum atomic E-state index is 13.1. The third-order valence-electron chi connectivity index (χ3n) is 4.71. The molecule has 0 aliphatic carbocycles. The number of carbonyl (C=O) groups is 1. The predicted octanol–water partition coefficient (Wildman–Crippen LogP) is 0.671. The smallest absolute Gasteiger partial charge is 0.257 e. The maximum Gasteiger partial charge on any atom is 0.257 e. The number of sulfonamides is 2. The molecule has 2 aromatic rings. The highest BCUT2D eigenvalue weighted by Gasteiger charge is 2.45. The summed E-state index contributed by atoms with van der Waals surface area (Å²) in [6.07, 6.45) is 0.115. The molecule has 0 spiro atoms. The van der Waals surface area contributed by atoms with Crippen molar-refractivity contribution < 1.29 is 26.2 Å². The Labute approximate surface area is 180 Å². The number of benzene rings is 1. The zero-order valence-electron chi connectivity index (χ0n) is 16.5. The average molecular weight is 475 g/mol. The standard InChI is InChI=1S/C17H22N4O6S3/c1-10-4-6-14(7-5-10)29(23,24)20-18-17(22)15-8-13(28)9-21(15)30(25,26)16-11(2)19-27-12(16)3/h4-7,13,15,20,28H,8-9H2,1-3H3,(H,18,22)/t13-,15+/m1/s1. The maximum absolute atomic E-state index is 13.1.